The maximum absolute atomic E-state index is 2.30. The van der Waals surface area contributed by atoms with Crippen LogP contribution in [0.3, 0.4) is 0 Å². The predicted molar refractivity (Wildman–Crippen MR) is 137 cm³/mol. The molecular formula is C32H26. The molecule has 0 heterocycles. The zero-order valence-corrected chi connectivity index (χ0v) is 18.3. The Morgan fingerprint density at radius 1 is 0.438 bits per heavy atom. The molecule has 0 heteroatoms. The molecule has 0 fully saturated rings. The molecule has 0 spiro atoms. The molecule has 0 saturated carbocycles. The van der Waals surface area contributed by atoms with Crippen molar-refractivity contribution in [1.29, 1.82) is 0 Å². The van der Waals surface area contributed by atoms with Crippen LogP contribution in [0, 0.1) is 6.92 Å². The van der Waals surface area contributed by atoms with Crippen LogP contribution < -0.4 is 0 Å². The van der Waals surface area contributed by atoms with Crippen molar-refractivity contribution in [2.75, 3.05) is 0 Å². The lowest BCUT2D eigenvalue weighted by Gasteiger charge is -2.16. The lowest BCUT2D eigenvalue weighted by molar-refractivity contribution is 1.26. The molecule has 32 heavy (non-hydrogen) atoms. The minimum absolute atomic E-state index is 1.01. The summed E-state index contributed by atoms with van der Waals surface area (Å²) in [6.07, 6.45) is 1.01. The number of rotatable bonds is 2. The maximum Gasteiger partial charge on any atom is -0.000706 e. The van der Waals surface area contributed by atoms with Gasteiger partial charge in [-0.3, -0.25) is 0 Å². The monoisotopic (exact) mass is 410 g/mol. The van der Waals surface area contributed by atoms with Crippen molar-refractivity contribution in [3.63, 3.8) is 0 Å². The molecule has 0 atom stereocenters. The van der Waals surface area contributed by atoms with E-state index in [0.29, 0.717) is 0 Å². The second-order valence-electron chi connectivity index (χ2n) is 8.23. The van der Waals surface area contributed by atoms with Gasteiger partial charge in [0.25, 0.3) is 0 Å². The first-order chi connectivity index (χ1) is 15.8. The third kappa shape index (κ3) is 4.00. The molecule has 0 saturated heterocycles. The highest BCUT2D eigenvalue weighted by atomic mass is 14.3. The summed E-state index contributed by atoms with van der Waals surface area (Å²) in [5.41, 5.74) is 12.2. The van der Waals surface area contributed by atoms with Gasteiger partial charge in [0.1, 0.15) is 0 Å². The van der Waals surface area contributed by atoms with E-state index in [2.05, 4.69) is 116 Å². The number of aryl methyl sites for hydroxylation is 1. The fourth-order valence-corrected chi connectivity index (χ4v) is 4.54. The minimum atomic E-state index is 1.01. The largest absolute Gasteiger partial charge is 0.0622 e. The second kappa shape index (κ2) is 9.08. The molecule has 0 aliphatic heterocycles. The summed E-state index contributed by atoms with van der Waals surface area (Å²) in [4.78, 5) is 0. The quantitative estimate of drug-likeness (QED) is 0.268. The number of hydrogen-bond acceptors (Lipinski definition) is 0. The van der Waals surface area contributed by atoms with Crippen molar-refractivity contribution in [2.45, 2.75) is 13.3 Å². The molecular weight excluding hydrogens is 384 g/mol. The topological polar surface area (TPSA) is 0 Å². The minimum Gasteiger partial charge on any atom is -0.0622 e. The zero-order valence-electron chi connectivity index (χ0n) is 18.3. The van der Waals surface area contributed by atoms with Crippen LogP contribution in [0.5, 0.6) is 0 Å². The Bertz CT molecular complexity index is 1320. The van der Waals surface area contributed by atoms with Gasteiger partial charge < -0.3 is 0 Å². The van der Waals surface area contributed by atoms with Gasteiger partial charge in [-0.1, -0.05) is 133 Å². The van der Waals surface area contributed by atoms with Crippen LogP contribution in [0.2, 0.25) is 0 Å². The Labute approximate surface area is 190 Å². The third-order valence-corrected chi connectivity index (χ3v) is 6.08. The van der Waals surface area contributed by atoms with Crippen molar-refractivity contribution < 1.29 is 0 Å². The van der Waals surface area contributed by atoms with E-state index in [-0.39, 0.29) is 0 Å². The van der Waals surface area contributed by atoms with Crippen molar-refractivity contribution in [3.05, 3.63) is 144 Å². The van der Waals surface area contributed by atoms with Gasteiger partial charge in [0.05, 0.1) is 0 Å². The number of benzene rings is 5. The summed E-state index contributed by atoms with van der Waals surface area (Å²) in [5, 5.41) is 0. The first-order valence-corrected chi connectivity index (χ1v) is 11.2. The molecule has 0 aromatic heterocycles. The van der Waals surface area contributed by atoms with E-state index in [1.165, 1.54) is 50.1 Å². The van der Waals surface area contributed by atoms with E-state index >= 15 is 0 Å². The Morgan fingerprint density at radius 3 is 1.59 bits per heavy atom. The van der Waals surface area contributed by atoms with Crippen LogP contribution in [0.15, 0.2) is 127 Å². The van der Waals surface area contributed by atoms with E-state index in [9.17, 15) is 0 Å². The van der Waals surface area contributed by atoms with Crippen molar-refractivity contribution >= 4 is 0 Å². The molecule has 5 aromatic rings. The van der Waals surface area contributed by atoms with Crippen molar-refractivity contribution in [1.82, 2.24) is 0 Å². The lowest BCUT2D eigenvalue weighted by Crippen LogP contribution is -1.92. The Kier molecular flexibility index (Phi) is 5.68. The standard InChI is InChI=1S/C25H18.C7H8/c1-3-9-18(10-4-1)22-15-16-23-21-14-8-7-13-20(21)17-24(23)25(22)19-11-5-2-6-12-19;1-7-5-3-2-4-6-7/h1-16H,17H2;2-6H,1H3. The lowest BCUT2D eigenvalue weighted by atomic mass is 9.88. The smallest absolute Gasteiger partial charge is 0.000706 e. The summed E-state index contributed by atoms with van der Waals surface area (Å²) >= 11 is 0. The summed E-state index contributed by atoms with van der Waals surface area (Å²) in [6, 6.07) is 45.2. The van der Waals surface area contributed by atoms with Crippen LogP contribution in [0.25, 0.3) is 33.4 Å². The second-order valence-corrected chi connectivity index (χ2v) is 8.23. The Balaban J connectivity index is 0.000000265. The average molecular weight is 411 g/mol. The highest BCUT2D eigenvalue weighted by molar-refractivity contribution is 5.93. The maximum atomic E-state index is 2.30. The fraction of sp³-hybridized carbons (Fsp3) is 0.0625. The van der Waals surface area contributed by atoms with E-state index in [4.69, 9.17) is 0 Å². The van der Waals surface area contributed by atoms with Gasteiger partial charge in [0.15, 0.2) is 0 Å². The first-order valence-electron chi connectivity index (χ1n) is 11.2. The van der Waals surface area contributed by atoms with E-state index < -0.39 is 0 Å². The number of hydrogen-bond donors (Lipinski definition) is 0. The van der Waals surface area contributed by atoms with Crippen LogP contribution in [-0.4, -0.2) is 0 Å². The molecule has 1 aliphatic carbocycles. The molecule has 1 aliphatic rings. The zero-order chi connectivity index (χ0) is 21.8. The molecule has 154 valence electrons. The third-order valence-electron chi connectivity index (χ3n) is 6.08. The van der Waals surface area contributed by atoms with Gasteiger partial charge in [-0.25, -0.2) is 0 Å². The van der Waals surface area contributed by atoms with E-state index in [1.807, 2.05) is 18.2 Å². The summed E-state index contributed by atoms with van der Waals surface area (Å²) < 4.78 is 0. The highest BCUT2D eigenvalue weighted by Gasteiger charge is 2.23. The van der Waals surface area contributed by atoms with Gasteiger partial charge in [0.2, 0.25) is 0 Å². The van der Waals surface area contributed by atoms with Crippen LogP contribution in [0.4, 0.5) is 0 Å². The van der Waals surface area contributed by atoms with Gasteiger partial charge >= 0.3 is 0 Å². The molecule has 5 aromatic carbocycles. The molecule has 0 radical (unpaired) electrons. The SMILES string of the molecule is Cc1ccccc1.c1ccc(-c2ccc3c(c2-c2ccccc2)Cc2ccccc2-3)cc1. The van der Waals surface area contributed by atoms with Crippen LogP contribution in [-0.2, 0) is 6.42 Å². The van der Waals surface area contributed by atoms with E-state index in [0.717, 1.165) is 6.42 Å². The van der Waals surface area contributed by atoms with Gasteiger partial charge in [-0.2, -0.15) is 0 Å². The van der Waals surface area contributed by atoms with Gasteiger partial charge in [0, 0.05) is 0 Å². The summed E-state index contributed by atoms with van der Waals surface area (Å²) in [6.45, 7) is 2.08. The Morgan fingerprint density at radius 2 is 0.969 bits per heavy atom. The molecule has 0 nitrogen and oxygen atoms in total. The first kappa shape index (κ1) is 20.0. The normalized spacial score (nSPS) is 11.2. The van der Waals surface area contributed by atoms with Crippen molar-refractivity contribution in [2.24, 2.45) is 0 Å². The van der Waals surface area contributed by atoms with Gasteiger partial charge in [-0.05, 0) is 57.9 Å². The molecule has 0 unspecified atom stereocenters. The van der Waals surface area contributed by atoms with Crippen molar-refractivity contribution in [3.8, 4) is 33.4 Å². The molecule has 0 N–H and O–H groups in total. The van der Waals surface area contributed by atoms with E-state index in [1.54, 1.807) is 0 Å². The fourth-order valence-electron chi connectivity index (χ4n) is 4.54. The summed E-state index contributed by atoms with van der Waals surface area (Å²) in [7, 11) is 0. The Hall–Kier alpha value is -3.90. The predicted octanol–water partition coefficient (Wildman–Crippen LogP) is 8.59. The van der Waals surface area contributed by atoms with Crippen LogP contribution in [0.1, 0.15) is 16.7 Å². The molecule has 0 amide bonds. The van der Waals surface area contributed by atoms with Gasteiger partial charge in [-0.15, -0.1) is 0 Å². The van der Waals surface area contributed by atoms with Crippen LogP contribution >= 0.6 is 0 Å². The summed E-state index contributed by atoms with van der Waals surface area (Å²) in [5.74, 6) is 0. The molecule has 0 bridgehead atoms. The molecule has 6 rings (SSSR count). The highest BCUT2D eigenvalue weighted by Crippen LogP contribution is 2.45. The average Bonchev–Trinajstić information content (AvgIpc) is 3.24. The number of fused-ring (bicyclic) bond motifs is 3.